The summed E-state index contributed by atoms with van der Waals surface area (Å²) in [5, 5.41) is 12.6. The Morgan fingerprint density at radius 2 is 1.94 bits per heavy atom. The van der Waals surface area contributed by atoms with Gasteiger partial charge >= 0.3 is 5.97 Å². The highest BCUT2D eigenvalue weighted by Crippen LogP contribution is 2.35. The molecule has 0 unspecified atom stereocenters. The molecule has 1 fully saturated rings. The molecule has 0 atom stereocenters. The first-order chi connectivity index (χ1) is 16.7. The topological polar surface area (TPSA) is 125 Å². The van der Waals surface area contributed by atoms with Gasteiger partial charge in [-0.15, -0.1) is 0 Å². The molecule has 0 aliphatic carbocycles. The third-order valence-electron chi connectivity index (χ3n) is 5.66. The number of H-pyrrole nitrogens is 1. The van der Waals surface area contributed by atoms with E-state index in [1.807, 2.05) is 14.1 Å². The van der Waals surface area contributed by atoms with Gasteiger partial charge in [0.15, 0.2) is 5.82 Å². The normalized spacial score (nSPS) is 20.2. The van der Waals surface area contributed by atoms with E-state index in [-0.39, 0.29) is 19.0 Å². The minimum absolute atomic E-state index is 0.0244. The third kappa shape index (κ3) is 5.81. The van der Waals surface area contributed by atoms with Gasteiger partial charge in [-0.25, -0.2) is 19.3 Å². The number of benzene rings is 1. The van der Waals surface area contributed by atoms with Crippen molar-refractivity contribution in [3.05, 3.63) is 48.2 Å². The van der Waals surface area contributed by atoms with Gasteiger partial charge in [-0.2, -0.15) is 0 Å². The van der Waals surface area contributed by atoms with Gasteiger partial charge in [-0.1, -0.05) is 0 Å². The van der Waals surface area contributed by atoms with Crippen LogP contribution in [0, 0.1) is 11.2 Å². The van der Waals surface area contributed by atoms with Crippen molar-refractivity contribution in [2.75, 3.05) is 45.7 Å². The van der Waals surface area contributed by atoms with E-state index in [4.69, 9.17) is 9.47 Å². The maximum absolute atomic E-state index is 13.6. The third-order valence-corrected chi connectivity index (χ3v) is 5.66. The molecular formula is C24H29FN6O4. The summed E-state index contributed by atoms with van der Waals surface area (Å²) in [6.07, 6.45) is 1.71. The summed E-state index contributed by atoms with van der Waals surface area (Å²) in [5.41, 5.74) is 1.25. The van der Waals surface area contributed by atoms with Crippen molar-refractivity contribution in [1.82, 2.24) is 24.8 Å². The summed E-state index contributed by atoms with van der Waals surface area (Å²) in [7, 11) is 4.04. The van der Waals surface area contributed by atoms with Crippen LogP contribution >= 0.6 is 0 Å². The lowest BCUT2D eigenvalue weighted by Crippen LogP contribution is -2.42. The van der Waals surface area contributed by atoms with E-state index in [0.717, 1.165) is 13.0 Å². The molecule has 11 heteroatoms. The Labute approximate surface area is 202 Å². The highest BCUT2D eigenvalue weighted by atomic mass is 19.1. The van der Waals surface area contributed by atoms with E-state index in [1.54, 1.807) is 31.3 Å². The Balaban J connectivity index is 1.62. The number of aromatic amines is 1. The molecule has 0 saturated carbocycles. The van der Waals surface area contributed by atoms with E-state index < -0.39 is 17.7 Å². The van der Waals surface area contributed by atoms with Crippen molar-refractivity contribution < 1.29 is 23.8 Å². The molecule has 1 aliphatic heterocycles. The van der Waals surface area contributed by atoms with Crippen molar-refractivity contribution >= 4 is 11.9 Å². The van der Waals surface area contributed by atoms with Crippen LogP contribution in [0.25, 0.3) is 22.6 Å². The Bertz CT molecular complexity index is 1160. The molecule has 1 aliphatic rings. The lowest BCUT2D eigenvalue weighted by molar-refractivity contribution is -0.236. The van der Waals surface area contributed by atoms with Crippen LogP contribution in [0.1, 0.15) is 25.5 Å². The number of carboxylic acids is 1. The summed E-state index contributed by atoms with van der Waals surface area (Å²) in [5.74, 6) is -0.505. The maximum Gasteiger partial charge on any atom is 0.314 e. The quantitative estimate of drug-likeness (QED) is 0.393. The van der Waals surface area contributed by atoms with Crippen LogP contribution < -0.4 is 5.32 Å². The molecule has 3 aromatic rings. The summed E-state index contributed by atoms with van der Waals surface area (Å²) < 4.78 is 25.0. The largest absolute Gasteiger partial charge is 0.481 e. The minimum atomic E-state index is -1.13. The Hall–Kier alpha value is -3.41. The Morgan fingerprint density at radius 1 is 1.23 bits per heavy atom. The average molecular weight is 485 g/mol. The van der Waals surface area contributed by atoms with E-state index >= 15 is 0 Å². The molecule has 0 radical (unpaired) electrons. The van der Waals surface area contributed by atoms with Crippen molar-refractivity contribution in [3.8, 4) is 22.6 Å². The first-order valence-corrected chi connectivity index (χ1v) is 11.3. The molecule has 1 saturated heterocycles. The number of halogens is 1. The van der Waals surface area contributed by atoms with Crippen LogP contribution in [-0.2, 0) is 14.3 Å². The van der Waals surface area contributed by atoms with Crippen molar-refractivity contribution in [1.29, 1.82) is 0 Å². The number of nitrogens with one attached hydrogen (secondary N) is 2. The van der Waals surface area contributed by atoms with Gasteiger partial charge in [0.25, 0.3) is 0 Å². The van der Waals surface area contributed by atoms with Crippen LogP contribution in [0.2, 0.25) is 0 Å². The molecule has 2 aromatic heterocycles. The number of nitrogens with zero attached hydrogens (tertiary/aromatic N) is 4. The number of anilines is 1. The van der Waals surface area contributed by atoms with Crippen LogP contribution in [0.3, 0.4) is 0 Å². The predicted molar refractivity (Wildman–Crippen MR) is 127 cm³/mol. The monoisotopic (exact) mass is 484 g/mol. The number of imidazole rings is 1. The Morgan fingerprint density at radius 3 is 2.60 bits per heavy atom. The summed E-state index contributed by atoms with van der Waals surface area (Å²) in [4.78, 5) is 30.4. The molecule has 1 aromatic carbocycles. The van der Waals surface area contributed by atoms with E-state index in [0.29, 0.717) is 41.0 Å². The molecule has 0 spiro atoms. The van der Waals surface area contributed by atoms with Gasteiger partial charge in [0.05, 0.1) is 30.3 Å². The number of aromatic nitrogens is 4. The standard InChI is InChI=1S/C24H29FN6O4/c1-24(22(32)33)13-34-21(35-14-24)20-29-18(15-5-7-16(25)8-6-15)19(30-20)17-9-11-27-23(28-17)26-10-4-12-31(2)3/h5-9,11,21H,4,10,12-14H2,1-3H3,(H,29,30)(H,32,33)(H,26,27,28). The fourth-order valence-corrected chi connectivity index (χ4v) is 3.57. The van der Waals surface area contributed by atoms with E-state index in [9.17, 15) is 14.3 Å². The van der Waals surface area contributed by atoms with Gasteiger partial charge in [0, 0.05) is 18.3 Å². The zero-order valence-electron chi connectivity index (χ0n) is 19.9. The number of hydrogen-bond donors (Lipinski definition) is 3. The molecule has 3 heterocycles. The predicted octanol–water partition coefficient (Wildman–Crippen LogP) is 3.17. The average Bonchev–Trinajstić information content (AvgIpc) is 3.28. The van der Waals surface area contributed by atoms with Crippen molar-refractivity contribution in [3.63, 3.8) is 0 Å². The molecule has 10 nitrogen and oxygen atoms in total. The second kappa shape index (κ2) is 10.5. The van der Waals surface area contributed by atoms with Gasteiger partial charge < -0.3 is 29.8 Å². The number of carbonyl (C=O) groups is 1. The van der Waals surface area contributed by atoms with Crippen molar-refractivity contribution in [2.45, 2.75) is 19.6 Å². The number of carboxylic acid groups (broad SMARTS) is 1. The smallest absolute Gasteiger partial charge is 0.314 e. The number of aliphatic carboxylic acids is 1. The zero-order valence-corrected chi connectivity index (χ0v) is 19.9. The first kappa shape index (κ1) is 24.7. The van der Waals surface area contributed by atoms with E-state index in [1.165, 1.54) is 12.1 Å². The zero-order chi connectivity index (χ0) is 25.0. The lowest BCUT2D eigenvalue weighted by Gasteiger charge is -2.33. The van der Waals surface area contributed by atoms with Gasteiger partial charge in [0.1, 0.15) is 11.2 Å². The van der Waals surface area contributed by atoms with Crippen molar-refractivity contribution in [2.24, 2.45) is 5.41 Å². The fraction of sp³-hybridized carbons (Fsp3) is 0.417. The molecular weight excluding hydrogens is 455 g/mol. The minimum Gasteiger partial charge on any atom is -0.481 e. The van der Waals surface area contributed by atoms with Crippen LogP contribution in [0.5, 0.6) is 0 Å². The molecule has 0 amide bonds. The molecule has 35 heavy (non-hydrogen) atoms. The highest BCUT2D eigenvalue weighted by Gasteiger charge is 2.41. The second-order valence-electron chi connectivity index (χ2n) is 9.02. The van der Waals surface area contributed by atoms with Gasteiger partial charge in [-0.3, -0.25) is 4.79 Å². The van der Waals surface area contributed by atoms with Crippen LogP contribution in [-0.4, -0.2) is 76.3 Å². The number of ether oxygens (including phenoxy) is 2. The van der Waals surface area contributed by atoms with Gasteiger partial charge in [0.2, 0.25) is 12.2 Å². The maximum atomic E-state index is 13.6. The molecule has 186 valence electrons. The molecule has 3 N–H and O–H groups in total. The number of rotatable bonds is 9. The Kier molecular flexibility index (Phi) is 7.39. The van der Waals surface area contributed by atoms with E-state index in [2.05, 4.69) is 30.2 Å². The van der Waals surface area contributed by atoms with Gasteiger partial charge in [-0.05, 0) is 64.3 Å². The summed E-state index contributed by atoms with van der Waals surface area (Å²) in [6, 6.07) is 7.72. The molecule has 0 bridgehead atoms. The number of hydrogen-bond acceptors (Lipinski definition) is 8. The second-order valence-corrected chi connectivity index (χ2v) is 9.02. The molecule has 4 rings (SSSR count). The summed E-state index contributed by atoms with van der Waals surface area (Å²) in [6.45, 7) is 3.17. The summed E-state index contributed by atoms with van der Waals surface area (Å²) >= 11 is 0. The highest BCUT2D eigenvalue weighted by molar-refractivity contribution is 5.77. The lowest BCUT2D eigenvalue weighted by atomic mass is 9.92. The van der Waals surface area contributed by atoms with Crippen LogP contribution in [0.4, 0.5) is 10.3 Å². The first-order valence-electron chi connectivity index (χ1n) is 11.3. The fourth-order valence-electron chi connectivity index (χ4n) is 3.57. The van der Waals surface area contributed by atoms with Crippen LogP contribution in [0.15, 0.2) is 36.5 Å². The SMILES string of the molecule is CN(C)CCCNc1nccc(-c2[nH]c(C3OCC(C)(C(=O)O)CO3)nc2-c2ccc(F)cc2)n1.